The number of nitrogens with one attached hydrogen (secondary N) is 2. The Labute approximate surface area is 152 Å². The minimum absolute atomic E-state index is 0. The normalized spacial score (nSPS) is 12.6. The molecule has 1 rings (SSSR count). The Morgan fingerprint density at radius 3 is 2.68 bits per heavy atom. The Bertz CT molecular complexity index is 378. The highest BCUT2D eigenvalue weighted by atomic mass is 127. The van der Waals surface area contributed by atoms with Crippen LogP contribution in [0.3, 0.4) is 0 Å². The molecule has 0 aliphatic carbocycles. The van der Waals surface area contributed by atoms with Gasteiger partial charge in [0.25, 0.3) is 0 Å². The highest BCUT2D eigenvalue weighted by Gasteiger charge is 2.06. The lowest BCUT2D eigenvalue weighted by atomic mass is 9.99. The molecule has 1 aromatic heterocycles. The summed E-state index contributed by atoms with van der Waals surface area (Å²) >= 11 is 0. The van der Waals surface area contributed by atoms with Gasteiger partial charge in [-0.05, 0) is 24.8 Å². The summed E-state index contributed by atoms with van der Waals surface area (Å²) in [4.78, 5) is 4.28. The van der Waals surface area contributed by atoms with Crippen LogP contribution in [-0.4, -0.2) is 35.9 Å². The Morgan fingerprint density at radius 2 is 2.09 bits per heavy atom. The van der Waals surface area contributed by atoms with Gasteiger partial charge in [0.05, 0.1) is 0 Å². The summed E-state index contributed by atoms with van der Waals surface area (Å²) in [6, 6.07) is 1.95. The van der Waals surface area contributed by atoms with Crippen LogP contribution in [0.1, 0.15) is 46.0 Å². The van der Waals surface area contributed by atoms with E-state index in [1.165, 1.54) is 25.7 Å². The van der Waals surface area contributed by atoms with E-state index >= 15 is 0 Å². The third-order valence-corrected chi connectivity index (χ3v) is 3.74. The van der Waals surface area contributed by atoms with Gasteiger partial charge in [-0.15, -0.1) is 24.0 Å². The van der Waals surface area contributed by atoms with Crippen molar-refractivity contribution in [2.45, 2.75) is 52.5 Å². The van der Waals surface area contributed by atoms with Crippen LogP contribution in [0.2, 0.25) is 0 Å². The molecule has 0 aliphatic rings. The summed E-state index contributed by atoms with van der Waals surface area (Å²) in [5, 5.41) is 11.0. The average Bonchev–Trinajstić information content (AvgIpc) is 3.02. The van der Waals surface area contributed by atoms with Crippen LogP contribution in [0.4, 0.5) is 0 Å². The lowest BCUT2D eigenvalue weighted by Crippen LogP contribution is -2.40. The molecule has 22 heavy (non-hydrogen) atoms. The van der Waals surface area contributed by atoms with Crippen molar-refractivity contribution in [3.8, 4) is 0 Å². The van der Waals surface area contributed by atoms with Crippen molar-refractivity contribution in [1.82, 2.24) is 20.4 Å². The molecule has 0 bridgehead atoms. The quantitative estimate of drug-likeness (QED) is 0.264. The van der Waals surface area contributed by atoms with E-state index < -0.39 is 0 Å². The minimum atomic E-state index is 0. The maximum Gasteiger partial charge on any atom is 0.190 e. The zero-order valence-electron chi connectivity index (χ0n) is 14.2. The van der Waals surface area contributed by atoms with Gasteiger partial charge in [0, 0.05) is 39.1 Å². The zero-order chi connectivity index (χ0) is 15.3. The molecule has 1 heterocycles. The molecule has 0 fully saturated rings. The number of guanidine groups is 1. The van der Waals surface area contributed by atoms with Gasteiger partial charge in [-0.1, -0.05) is 33.1 Å². The van der Waals surface area contributed by atoms with Crippen LogP contribution in [-0.2, 0) is 6.54 Å². The maximum absolute atomic E-state index is 4.28. The summed E-state index contributed by atoms with van der Waals surface area (Å²) in [6.45, 7) is 7.37. The summed E-state index contributed by atoms with van der Waals surface area (Å²) < 4.78 is 1.95. The molecule has 2 N–H and O–H groups in total. The maximum atomic E-state index is 4.28. The van der Waals surface area contributed by atoms with Gasteiger partial charge in [-0.2, -0.15) is 5.10 Å². The molecule has 0 spiro atoms. The van der Waals surface area contributed by atoms with Crippen LogP contribution in [0.5, 0.6) is 0 Å². The molecule has 0 aliphatic heterocycles. The average molecular weight is 421 g/mol. The summed E-state index contributed by atoms with van der Waals surface area (Å²) in [6.07, 6.45) is 9.96. The summed E-state index contributed by atoms with van der Waals surface area (Å²) in [5.41, 5.74) is 0. The Kier molecular flexibility index (Phi) is 13.3. The lowest BCUT2D eigenvalue weighted by Gasteiger charge is -2.18. The Hall–Kier alpha value is -0.790. The monoisotopic (exact) mass is 421 g/mol. The standard InChI is InChI=1S/C16H31N5.HI/c1-4-6-9-15(5-2)14-19-16(17-3)18-10-7-12-21-13-8-11-20-21;/h8,11,13,15H,4-7,9-10,12,14H2,1-3H3,(H2,17,18,19);1H. The number of aromatic nitrogens is 2. The fourth-order valence-corrected chi connectivity index (χ4v) is 2.29. The molecular weight excluding hydrogens is 389 g/mol. The van der Waals surface area contributed by atoms with Crippen molar-refractivity contribution in [3.63, 3.8) is 0 Å². The number of nitrogens with zero attached hydrogens (tertiary/aromatic N) is 3. The number of halogens is 1. The van der Waals surface area contributed by atoms with E-state index in [9.17, 15) is 0 Å². The van der Waals surface area contributed by atoms with Gasteiger partial charge in [0.1, 0.15) is 0 Å². The van der Waals surface area contributed by atoms with E-state index in [1.807, 2.05) is 30.2 Å². The SMILES string of the molecule is CCCCC(CC)CNC(=NC)NCCCn1cccn1.I. The zero-order valence-corrected chi connectivity index (χ0v) is 16.5. The second kappa shape index (κ2) is 13.8. The molecule has 1 unspecified atom stereocenters. The van der Waals surface area contributed by atoms with Crippen molar-refractivity contribution >= 4 is 29.9 Å². The van der Waals surface area contributed by atoms with E-state index in [1.54, 1.807) is 0 Å². The molecular formula is C16H32IN5. The first kappa shape index (κ1) is 21.2. The van der Waals surface area contributed by atoms with Gasteiger partial charge in [0.2, 0.25) is 0 Å². The third kappa shape index (κ3) is 9.27. The first-order chi connectivity index (χ1) is 10.3. The Morgan fingerprint density at radius 1 is 1.27 bits per heavy atom. The molecule has 5 nitrogen and oxygen atoms in total. The fourth-order valence-electron chi connectivity index (χ4n) is 2.29. The van der Waals surface area contributed by atoms with Gasteiger partial charge >= 0.3 is 0 Å². The number of hydrogen-bond donors (Lipinski definition) is 2. The van der Waals surface area contributed by atoms with Crippen LogP contribution >= 0.6 is 24.0 Å². The smallest absolute Gasteiger partial charge is 0.190 e. The largest absolute Gasteiger partial charge is 0.356 e. The highest BCUT2D eigenvalue weighted by Crippen LogP contribution is 2.10. The van der Waals surface area contributed by atoms with Crippen LogP contribution < -0.4 is 10.6 Å². The third-order valence-electron chi connectivity index (χ3n) is 3.74. The van der Waals surface area contributed by atoms with Gasteiger partial charge in [0.15, 0.2) is 5.96 Å². The molecule has 1 atom stereocenters. The second-order valence-corrected chi connectivity index (χ2v) is 5.42. The predicted molar refractivity (Wildman–Crippen MR) is 105 cm³/mol. The van der Waals surface area contributed by atoms with Gasteiger partial charge in [-0.25, -0.2) is 0 Å². The van der Waals surface area contributed by atoms with Crippen molar-refractivity contribution in [2.24, 2.45) is 10.9 Å². The van der Waals surface area contributed by atoms with E-state index in [2.05, 4.69) is 34.6 Å². The molecule has 128 valence electrons. The minimum Gasteiger partial charge on any atom is -0.356 e. The number of unbranched alkanes of at least 4 members (excludes halogenated alkanes) is 1. The molecule has 0 amide bonds. The summed E-state index contributed by atoms with van der Waals surface area (Å²) in [7, 11) is 1.83. The summed E-state index contributed by atoms with van der Waals surface area (Å²) in [5.74, 6) is 1.65. The molecule has 0 radical (unpaired) electrons. The Balaban J connectivity index is 0.00000441. The topological polar surface area (TPSA) is 54.2 Å². The first-order valence-corrected chi connectivity index (χ1v) is 8.22. The molecule has 0 saturated heterocycles. The van der Waals surface area contributed by atoms with E-state index in [0.29, 0.717) is 0 Å². The van der Waals surface area contributed by atoms with Crippen LogP contribution in [0.15, 0.2) is 23.5 Å². The fraction of sp³-hybridized carbons (Fsp3) is 0.750. The number of aliphatic imine (C=N–C) groups is 1. The highest BCUT2D eigenvalue weighted by molar-refractivity contribution is 14.0. The van der Waals surface area contributed by atoms with Crippen LogP contribution in [0, 0.1) is 5.92 Å². The molecule has 1 aromatic rings. The van der Waals surface area contributed by atoms with Crippen molar-refractivity contribution in [1.29, 1.82) is 0 Å². The van der Waals surface area contributed by atoms with E-state index in [4.69, 9.17) is 0 Å². The van der Waals surface area contributed by atoms with Crippen LogP contribution in [0.25, 0.3) is 0 Å². The van der Waals surface area contributed by atoms with Gasteiger partial charge in [-0.3, -0.25) is 9.67 Å². The number of rotatable bonds is 10. The number of aryl methyl sites for hydroxylation is 1. The van der Waals surface area contributed by atoms with Crippen molar-refractivity contribution in [3.05, 3.63) is 18.5 Å². The second-order valence-electron chi connectivity index (χ2n) is 5.42. The van der Waals surface area contributed by atoms with Crippen molar-refractivity contribution < 1.29 is 0 Å². The lowest BCUT2D eigenvalue weighted by molar-refractivity contribution is 0.443. The van der Waals surface area contributed by atoms with E-state index in [-0.39, 0.29) is 24.0 Å². The van der Waals surface area contributed by atoms with E-state index in [0.717, 1.165) is 37.9 Å². The molecule has 0 saturated carbocycles. The first-order valence-electron chi connectivity index (χ1n) is 8.22. The van der Waals surface area contributed by atoms with Gasteiger partial charge < -0.3 is 10.6 Å². The molecule has 6 heteroatoms. The molecule has 0 aromatic carbocycles. The number of hydrogen-bond acceptors (Lipinski definition) is 2. The van der Waals surface area contributed by atoms with Crippen molar-refractivity contribution in [2.75, 3.05) is 20.1 Å². The predicted octanol–water partition coefficient (Wildman–Crippen LogP) is 3.27.